The van der Waals surface area contributed by atoms with Crippen LogP contribution < -0.4 is 16.8 Å². The first kappa shape index (κ1) is 13.8. The molecule has 2 aromatic rings. The number of primary amides is 1. The number of carbonyl (C=O) groups excluding carboxylic acids is 1. The molecule has 100 valence electrons. The number of aromatic nitrogens is 1. The number of amides is 1. The monoisotopic (exact) mass is 331 g/mol. The van der Waals surface area contributed by atoms with Crippen LogP contribution in [0.25, 0.3) is 0 Å². The molecule has 0 aliphatic carbocycles. The normalized spacial score (nSPS) is 9.80. The molecule has 0 saturated heterocycles. The summed E-state index contributed by atoms with van der Waals surface area (Å²) < 4.78 is 0.784. The first-order valence-corrected chi connectivity index (χ1v) is 6.33. The van der Waals surface area contributed by atoms with Crippen LogP contribution in [-0.4, -0.2) is 10.9 Å². The third-order valence-corrected chi connectivity index (χ3v) is 3.03. The zero-order valence-corrected chi connectivity index (χ0v) is 11.8. The van der Waals surface area contributed by atoms with E-state index in [-0.39, 0.29) is 11.5 Å². The largest absolute Gasteiger partial charge is 0.396 e. The highest BCUT2D eigenvalue weighted by molar-refractivity contribution is 9.10. The fourth-order valence-electron chi connectivity index (χ4n) is 1.55. The summed E-state index contributed by atoms with van der Waals surface area (Å²) in [6.07, 6.45) is 0. The molecule has 0 bridgehead atoms. The Morgan fingerprint density at radius 1 is 1.35 bits per heavy atom. The Balaban J connectivity index is 2.42. The van der Waals surface area contributed by atoms with Gasteiger partial charge in [-0.05, 0) is 30.3 Å². The fourth-order valence-corrected chi connectivity index (χ4v) is 1.91. The first-order valence-electron chi connectivity index (χ1n) is 5.54. The van der Waals surface area contributed by atoms with Crippen LogP contribution in [0.5, 0.6) is 0 Å². The maximum atomic E-state index is 11.1. The maximum absolute atomic E-state index is 11.1. The van der Waals surface area contributed by atoms with Gasteiger partial charge >= 0.3 is 0 Å². The highest BCUT2D eigenvalue weighted by Gasteiger charge is 2.09. The van der Waals surface area contributed by atoms with E-state index in [0.717, 1.165) is 4.47 Å². The van der Waals surface area contributed by atoms with Crippen molar-refractivity contribution in [2.75, 3.05) is 11.1 Å². The van der Waals surface area contributed by atoms with Gasteiger partial charge in [-0.1, -0.05) is 15.9 Å². The molecular formula is C13H10BrN5O. The Hall–Kier alpha value is -2.59. The van der Waals surface area contributed by atoms with Crippen LogP contribution in [0.15, 0.2) is 34.8 Å². The maximum Gasteiger partial charge on any atom is 0.267 e. The fraction of sp³-hybridized carbons (Fsp3) is 0. The molecule has 20 heavy (non-hydrogen) atoms. The zero-order chi connectivity index (χ0) is 14.7. The molecule has 0 atom stereocenters. The number of anilines is 3. The van der Waals surface area contributed by atoms with Crippen LogP contribution in [-0.2, 0) is 0 Å². The van der Waals surface area contributed by atoms with Gasteiger partial charge in [0, 0.05) is 4.47 Å². The molecule has 0 aliphatic rings. The SMILES string of the molecule is N#Cc1cc(Br)ccc1Nc1nc(C(N)=O)ccc1N. The van der Waals surface area contributed by atoms with Crippen molar-refractivity contribution in [1.29, 1.82) is 5.26 Å². The van der Waals surface area contributed by atoms with Gasteiger partial charge in [0.1, 0.15) is 11.8 Å². The summed E-state index contributed by atoms with van der Waals surface area (Å²) in [7, 11) is 0. The van der Waals surface area contributed by atoms with Crippen LogP contribution in [0, 0.1) is 11.3 Å². The summed E-state index contributed by atoms with van der Waals surface area (Å²) in [6.45, 7) is 0. The number of rotatable bonds is 3. The zero-order valence-electron chi connectivity index (χ0n) is 10.2. The van der Waals surface area contributed by atoms with Gasteiger partial charge in [0.15, 0.2) is 5.82 Å². The van der Waals surface area contributed by atoms with Crippen LogP contribution in [0.3, 0.4) is 0 Å². The van der Waals surface area contributed by atoms with Gasteiger partial charge in [-0.25, -0.2) is 4.98 Å². The average Bonchev–Trinajstić information content (AvgIpc) is 2.42. The lowest BCUT2D eigenvalue weighted by Crippen LogP contribution is -2.14. The van der Waals surface area contributed by atoms with Crippen LogP contribution >= 0.6 is 15.9 Å². The highest BCUT2D eigenvalue weighted by atomic mass is 79.9. The van der Waals surface area contributed by atoms with Crippen LogP contribution in [0.1, 0.15) is 16.1 Å². The van der Waals surface area contributed by atoms with Gasteiger partial charge in [-0.2, -0.15) is 5.26 Å². The summed E-state index contributed by atoms with van der Waals surface area (Å²) in [6, 6.07) is 10.2. The second-order valence-corrected chi connectivity index (χ2v) is 4.84. The summed E-state index contributed by atoms with van der Waals surface area (Å²) in [5, 5.41) is 12.0. The lowest BCUT2D eigenvalue weighted by molar-refractivity contribution is 0.0996. The molecule has 1 aromatic carbocycles. The molecule has 0 unspecified atom stereocenters. The quantitative estimate of drug-likeness (QED) is 0.796. The Bertz CT molecular complexity index is 723. The topological polar surface area (TPSA) is 118 Å². The van der Waals surface area contributed by atoms with Crippen molar-refractivity contribution < 1.29 is 4.79 Å². The van der Waals surface area contributed by atoms with E-state index in [2.05, 4.69) is 32.3 Å². The minimum Gasteiger partial charge on any atom is -0.396 e. The number of halogens is 1. The molecule has 7 heteroatoms. The number of carbonyl (C=O) groups is 1. The van der Waals surface area contributed by atoms with Crippen LogP contribution in [0.2, 0.25) is 0 Å². The molecule has 0 spiro atoms. The molecule has 0 radical (unpaired) electrons. The molecule has 1 heterocycles. The van der Waals surface area contributed by atoms with Gasteiger partial charge in [0.2, 0.25) is 0 Å². The first-order chi connectivity index (χ1) is 9.51. The highest BCUT2D eigenvalue weighted by Crippen LogP contribution is 2.26. The molecule has 6 nitrogen and oxygen atoms in total. The number of nitriles is 1. The Kier molecular flexibility index (Phi) is 3.86. The molecule has 1 amide bonds. The van der Waals surface area contributed by atoms with E-state index in [9.17, 15) is 4.79 Å². The van der Waals surface area contributed by atoms with Gasteiger partial charge < -0.3 is 16.8 Å². The van der Waals surface area contributed by atoms with E-state index in [0.29, 0.717) is 16.9 Å². The Morgan fingerprint density at radius 3 is 2.75 bits per heavy atom. The number of hydrogen-bond donors (Lipinski definition) is 3. The number of nitrogens with two attached hydrogens (primary N) is 2. The summed E-state index contributed by atoms with van der Waals surface area (Å²) in [5.41, 5.74) is 12.4. The summed E-state index contributed by atoms with van der Waals surface area (Å²) >= 11 is 3.29. The smallest absolute Gasteiger partial charge is 0.267 e. The summed E-state index contributed by atoms with van der Waals surface area (Å²) in [4.78, 5) is 15.2. The number of nitrogens with zero attached hydrogens (tertiary/aromatic N) is 2. The number of pyridine rings is 1. The molecular weight excluding hydrogens is 322 g/mol. The van der Waals surface area contributed by atoms with Crippen LogP contribution in [0.4, 0.5) is 17.2 Å². The van der Waals surface area contributed by atoms with E-state index in [4.69, 9.17) is 16.7 Å². The van der Waals surface area contributed by atoms with Gasteiger partial charge in [0.25, 0.3) is 5.91 Å². The third kappa shape index (κ3) is 2.87. The lowest BCUT2D eigenvalue weighted by Gasteiger charge is -2.10. The predicted molar refractivity (Wildman–Crippen MR) is 79.3 cm³/mol. The molecule has 1 aromatic heterocycles. The second-order valence-electron chi connectivity index (χ2n) is 3.93. The minimum atomic E-state index is -0.649. The summed E-state index contributed by atoms with van der Waals surface area (Å²) in [5.74, 6) is -0.371. The van der Waals surface area contributed by atoms with Crippen molar-refractivity contribution in [2.45, 2.75) is 0 Å². The average molecular weight is 332 g/mol. The van der Waals surface area contributed by atoms with Crippen molar-refractivity contribution >= 4 is 39.0 Å². The second kappa shape index (κ2) is 5.59. The standard InChI is InChI=1S/C13H10BrN5O/c14-8-1-3-10(7(5-8)6-15)18-13-9(16)2-4-11(19-13)12(17)20/h1-5H,16H2,(H2,17,20)(H,18,19). The minimum absolute atomic E-state index is 0.0947. The van der Waals surface area contributed by atoms with Gasteiger partial charge in [-0.3, -0.25) is 4.79 Å². The third-order valence-electron chi connectivity index (χ3n) is 2.53. The molecule has 0 fully saturated rings. The lowest BCUT2D eigenvalue weighted by atomic mass is 10.2. The van der Waals surface area contributed by atoms with Crippen molar-refractivity contribution in [2.24, 2.45) is 5.73 Å². The van der Waals surface area contributed by atoms with E-state index in [1.54, 1.807) is 18.2 Å². The van der Waals surface area contributed by atoms with E-state index >= 15 is 0 Å². The molecule has 5 N–H and O–H groups in total. The number of nitrogen functional groups attached to an aromatic ring is 1. The Labute approximate surface area is 123 Å². The van der Waals surface area contributed by atoms with Crippen molar-refractivity contribution in [1.82, 2.24) is 4.98 Å². The molecule has 0 saturated carbocycles. The van der Waals surface area contributed by atoms with E-state index in [1.807, 2.05) is 0 Å². The molecule has 0 aliphatic heterocycles. The predicted octanol–water partition coefficient (Wildman–Crippen LogP) is 2.14. The number of nitrogens with one attached hydrogen (secondary N) is 1. The van der Waals surface area contributed by atoms with Crippen molar-refractivity contribution in [3.05, 3.63) is 46.1 Å². The number of benzene rings is 1. The van der Waals surface area contributed by atoms with Gasteiger partial charge in [0.05, 0.1) is 16.9 Å². The van der Waals surface area contributed by atoms with E-state index < -0.39 is 5.91 Å². The number of hydrogen-bond acceptors (Lipinski definition) is 5. The molecule has 2 rings (SSSR count). The van der Waals surface area contributed by atoms with Crippen molar-refractivity contribution in [3.63, 3.8) is 0 Å². The Morgan fingerprint density at radius 2 is 2.10 bits per heavy atom. The van der Waals surface area contributed by atoms with Crippen molar-refractivity contribution in [3.8, 4) is 6.07 Å². The van der Waals surface area contributed by atoms with E-state index in [1.165, 1.54) is 12.1 Å². The van der Waals surface area contributed by atoms with Gasteiger partial charge in [-0.15, -0.1) is 0 Å².